The van der Waals surface area contributed by atoms with Gasteiger partial charge in [-0.3, -0.25) is 14.0 Å². The van der Waals surface area contributed by atoms with Crippen LogP contribution < -0.4 is 10.3 Å². The number of fused-ring (bicyclic) bond motifs is 1. The van der Waals surface area contributed by atoms with Crippen molar-refractivity contribution in [2.75, 3.05) is 0 Å². The van der Waals surface area contributed by atoms with E-state index in [1.54, 1.807) is 19.3 Å². The van der Waals surface area contributed by atoms with E-state index in [1.807, 2.05) is 0 Å². The highest BCUT2D eigenvalue weighted by molar-refractivity contribution is 5.78. The number of alkyl halides is 2. The first-order valence-electron chi connectivity index (χ1n) is 7.05. The molecule has 126 valence electrons. The number of aliphatic hydroxyl groups is 1. The molecule has 2 aromatic heterocycles. The Morgan fingerprint density at radius 3 is 2.79 bits per heavy atom. The van der Waals surface area contributed by atoms with Gasteiger partial charge in [0.05, 0.1) is 29.5 Å². The van der Waals surface area contributed by atoms with Crippen LogP contribution in [0.25, 0.3) is 10.9 Å². The van der Waals surface area contributed by atoms with Gasteiger partial charge >= 0.3 is 6.61 Å². The number of hydrogen-bond acceptors (Lipinski definition) is 5. The van der Waals surface area contributed by atoms with Gasteiger partial charge in [0.15, 0.2) is 0 Å². The molecule has 24 heavy (non-hydrogen) atoms. The first-order chi connectivity index (χ1) is 11.5. The van der Waals surface area contributed by atoms with Crippen LogP contribution in [0.3, 0.4) is 0 Å². The van der Waals surface area contributed by atoms with Gasteiger partial charge in [-0.25, -0.2) is 4.98 Å². The largest absolute Gasteiger partial charge is 0.435 e. The minimum Gasteiger partial charge on any atom is -0.435 e. The summed E-state index contributed by atoms with van der Waals surface area (Å²) in [6.45, 7) is -2.95. The summed E-state index contributed by atoms with van der Waals surface area (Å²) in [6.07, 6.45) is 1.87. The predicted octanol–water partition coefficient (Wildman–Crippen LogP) is 1.47. The number of benzene rings is 1. The lowest BCUT2D eigenvalue weighted by molar-refractivity contribution is -0.0497. The van der Waals surface area contributed by atoms with Crippen LogP contribution in [0.2, 0.25) is 0 Å². The van der Waals surface area contributed by atoms with Gasteiger partial charge in [0.2, 0.25) is 0 Å². The van der Waals surface area contributed by atoms with Crippen molar-refractivity contribution in [2.45, 2.75) is 19.3 Å². The van der Waals surface area contributed by atoms with Crippen LogP contribution in [0, 0.1) is 0 Å². The van der Waals surface area contributed by atoms with Gasteiger partial charge in [0.1, 0.15) is 11.9 Å². The van der Waals surface area contributed by atoms with E-state index in [1.165, 1.54) is 33.8 Å². The summed E-state index contributed by atoms with van der Waals surface area (Å²) < 4.78 is 31.5. The number of aryl methyl sites for hydroxylation is 1. The molecule has 0 aliphatic rings. The quantitative estimate of drug-likeness (QED) is 0.763. The fourth-order valence-electron chi connectivity index (χ4n) is 2.44. The molecule has 0 spiro atoms. The van der Waals surface area contributed by atoms with E-state index in [4.69, 9.17) is 0 Å². The van der Waals surface area contributed by atoms with Crippen molar-refractivity contribution in [3.63, 3.8) is 0 Å². The van der Waals surface area contributed by atoms with E-state index < -0.39 is 12.7 Å². The molecule has 1 aromatic carbocycles. The third-order valence-corrected chi connectivity index (χ3v) is 3.59. The molecule has 0 aliphatic heterocycles. The second kappa shape index (κ2) is 6.36. The van der Waals surface area contributed by atoms with Crippen LogP contribution in [0.4, 0.5) is 8.78 Å². The molecule has 0 saturated heterocycles. The number of halogens is 2. The Labute approximate surface area is 134 Å². The average molecular weight is 336 g/mol. The van der Waals surface area contributed by atoms with E-state index in [2.05, 4.69) is 14.8 Å². The highest BCUT2D eigenvalue weighted by atomic mass is 19.3. The number of rotatable bonds is 5. The minimum atomic E-state index is -2.95. The highest BCUT2D eigenvalue weighted by Gasteiger charge is 2.15. The fraction of sp³-hybridized carbons (Fsp3) is 0.267. The lowest BCUT2D eigenvalue weighted by Gasteiger charge is -2.13. The minimum absolute atomic E-state index is 0.00338. The third-order valence-electron chi connectivity index (χ3n) is 3.59. The second-order valence-electron chi connectivity index (χ2n) is 5.16. The zero-order chi connectivity index (χ0) is 17.3. The molecule has 0 saturated carbocycles. The summed E-state index contributed by atoms with van der Waals surface area (Å²) in [5, 5.41) is 14.4. The van der Waals surface area contributed by atoms with Crippen molar-refractivity contribution >= 4 is 10.9 Å². The van der Waals surface area contributed by atoms with Crippen LogP contribution in [-0.2, 0) is 13.6 Å². The van der Waals surface area contributed by atoms with Gasteiger partial charge in [0.25, 0.3) is 5.56 Å². The Hall–Kier alpha value is -2.81. The predicted molar refractivity (Wildman–Crippen MR) is 80.8 cm³/mol. The second-order valence-corrected chi connectivity index (χ2v) is 5.16. The van der Waals surface area contributed by atoms with Gasteiger partial charge in [-0.2, -0.15) is 13.9 Å². The number of nitrogens with zero attached hydrogens (tertiary/aromatic N) is 4. The molecule has 2 heterocycles. The van der Waals surface area contributed by atoms with Crippen molar-refractivity contribution in [3.05, 3.63) is 52.8 Å². The summed E-state index contributed by atoms with van der Waals surface area (Å²) in [7, 11) is 1.69. The summed E-state index contributed by atoms with van der Waals surface area (Å²) in [5.74, 6) is -0.0722. The zero-order valence-corrected chi connectivity index (χ0v) is 12.6. The van der Waals surface area contributed by atoms with Gasteiger partial charge in [-0.1, -0.05) is 0 Å². The molecule has 3 aromatic rings. The first kappa shape index (κ1) is 16.1. The van der Waals surface area contributed by atoms with Crippen LogP contribution in [-0.4, -0.2) is 31.0 Å². The van der Waals surface area contributed by atoms with Crippen LogP contribution in [0.1, 0.15) is 11.8 Å². The molecule has 9 heteroatoms. The summed E-state index contributed by atoms with van der Waals surface area (Å²) in [5.41, 5.74) is 0.414. The van der Waals surface area contributed by atoms with Gasteiger partial charge in [-0.05, 0) is 18.2 Å². The van der Waals surface area contributed by atoms with Crippen LogP contribution in [0.15, 0.2) is 41.6 Å². The molecule has 0 aliphatic carbocycles. The number of hydrogen-bond donors (Lipinski definition) is 1. The van der Waals surface area contributed by atoms with Gasteiger partial charge in [-0.15, -0.1) is 0 Å². The van der Waals surface area contributed by atoms with Gasteiger partial charge in [0, 0.05) is 19.3 Å². The maximum atomic E-state index is 12.5. The van der Waals surface area contributed by atoms with Crippen LogP contribution >= 0.6 is 0 Å². The van der Waals surface area contributed by atoms with Crippen LogP contribution in [0.5, 0.6) is 5.75 Å². The number of aromatic nitrogens is 4. The maximum Gasteiger partial charge on any atom is 0.387 e. The molecule has 0 radical (unpaired) electrons. The highest BCUT2D eigenvalue weighted by Crippen LogP contribution is 2.19. The third kappa shape index (κ3) is 3.11. The average Bonchev–Trinajstić information content (AvgIpc) is 2.95. The van der Waals surface area contributed by atoms with E-state index in [9.17, 15) is 18.7 Å². The molecule has 7 nitrogen and oxygen atoms in total. The summed E-state index contributed by atoms with van der Waals surface area (Å²) >= 11 is 0. The maximum absolute atomic E-state index is 12.5. The molecule has 0 amide bonds. The smallest absolute Gasteiger partial charge is 0.387 e. The Balaban J connectivity index is 1.91. The Morgan fingerprint density at radius 1 is 1.33 bits per heavy atom. The summed E-state index contributed by atoms with van der Waals surface area (Å²) in [4.78, 5) is 16.5. The molecule has 0 fully saturated rings. The summed E-state index contributed by atoms with van der Waals surface area (Å²) in [6, 6.07) is 5.57. The molecule has 1 atom stereocenters. The normalized spacial score (nSPS) is 12.7. The Bertz CT molecular complexity index is 922. The fourth-order valence-corrected chi connectivity index (χ4v) is 2.44. The SMILES string of the molecule is Cn1nccc1C(O)Cn1cnc2cc(OC(F)F)ccc2c1=O. The molecular formula is C15H14F2N4O3. The van der Waals surface area contributed by atoms with Crippen molar-refractivity contribution in [3.8, 4) is 5.75 Å². The van der Waals surface area contributed by atoms with E-state index >= 15 is 0 Å². The van der Waals surface area contributed by atoms with Crippen molar-refractivity contribution < 1.29 is 18.6 Å². The van der Waals surface area contributed by atoms with E-state index in [0.717, 1.165) is 0 Å². The lowest BCUT2D eigenvalue weighted by atomic mass is 10.2. The molecule has 0 bridgehead atoms. The number of ether oxygens (including phenoxy) is 1. The monoisotopic (exact) mass is 336 g/mol. The standard InChI is InChI=1S/C15H14F2N4O3/c1-20-12(4-5-19-20)13(22)7-21-8-18-11-6-9(24-15(16)17)2-3-10(11)14(21)23/h2-6,8,13,15,22H,7H2,1H3. The molecule has 1 unspecified atom stereocenters. The van der Waals surface area contributed by atoms with E-state index in [-0.39, 0.29) is 28.8 Å². The Morgan fingerprint density at radius 2 is 2.12 bits per heavy atom. The first-order valence-corrected chi connectivity index (χ1v) is 7.05. The number of aliphatic hydroxyl groups excluding tert-OH is 1. The van der Waals surface area contributed by atoms with Crippen molar-refractivity contribution in [1.29, 1.82) is 0 Å². The molecule has 1 N–H and O–H groups in total. The Kier molecular flexibility index (Phi) is 4.26. The van der Waals surface area contributed by atoms with Gasteiger partial charge < -0.3 is 9.84 Å². The van der Waals surface area contributed by atoms with Crippen molar-refractivity contribution in [1.82, 2.24) is 19.3 Å². The topological polar surface area (TPSA) is 82.2 Å². The zero-order valence-electron chi connectivity index (χ0n) is 12.6. The van der Waals surface area contributed by atoms with E-state index in [0.29, 0.717) is 5.69 Å². The molecular weight excluding hydrogens is 322 g/mol. The lowest BCUT2D eigenvalue weighted by Crippen LogP contribution is -2.24. The van der Waals surface area contributed by atoms with Crippen molar-refractivity contribution in [2.24, 2.45) is 7.05 Å². The molecule has 3 rings (SSSR count).